The Morgan fingerprint density at radius 1 is 1.42 bits per heavy atom. The van der Waals surface area contributed by atoms with Gasteiger partial charge >= 0.3 is 5.97 Å². The molecule has 0 spiro atoms. The third kappa shape index (κ3) is 2.06. The molecular formula is C14H16ClNO3. The molecule has 2 rings (SSSR count). The first-order chi connectivity index (χ1) is 8.88. The largest absolute Gasteiger partial charge is 0.495 e. The Bertz CT molecular complexity index is 658. The van der Waals surface area contributed by atoms with Crippen LogP contribution in [0.15, 0.2) is 12.1 Å². The topological polar surface area (TPSA) is 51.5 Å². The molecule has 0 aliphatic rings. The van der Waals surface area contributed by atoms with Crippen molar-refractivity contribution < 1.29 is 14.6 Å². The van der Waals surface area contributed by atoms with Crippen LogP contribution in [0.5, 0.6) is 5.75 Å². The van der Waals surface area contributed by atoms with Crippen LogP contribution < -0.4 is 4.74 Å². The molecule has 0 bridgehead atoms. The number of carboxylic acid groups (broad SMARTS) is 1. The first-order valence-corrected chi connectivity index (χ1v) is 6.35. The van der Waals surface area contributed by atoms with Crippen molar-refractivity contribution in [1.82, 2.24) is 4.57 Å². The molecule has 1 aromatic heterocycles. The van der Waals surface area contributed by atoms with Crippen molar-refractivity contribution >= 4 is 28.5 Å². The lowest BCUT2D eigenvalue weighted by Crippen LogP contribution is -2.08. The van der Waals surface area contributed by atoms with Crippen molar-refractivity contribution in [2.45, 2.75) is 19.8 Å². The van der Waals surface area contributed by atoms with Crippen molar-refractivity contribution in [3.8, 4) is 5.75 Å². The minimum atomic E-state index is -0.933. The molecule has 0 amide bonds. The van der Waals surface area contributed by atoms with Crippen molar-refractivity contribution in [3.05, 3.63) is 28.4 Å². The number of aryl methyl sites for hydroxylation is 1. The highest BCUT2D eigenvalue weighted by molar-refractivity contribution is 6.33. The molecule has 0 saturated heterocycles. The Morgan fingerprint density at radius 3 is 2.53 bits per heavy atom. The summed E-state index contributed by atoms with van der Waals surface area (Å²) < 4.78 is 6.87. The molecule has 0 fully saturated rings. The number of hydrogen-bond donors (Lipinski definition) is 1. The summed E-state index contributed by atoms with van der Waals surface area (Å²) in [5.41, 5.74) is 1.90. The number of halogens is 1. The van der Waals surface area contributed by atoms with E-state index in [9.17, 15) is 9.90 Å². The summed E-state index contributed by atoms with van der Waals surface area (Å²) in [6.45, 7) is 3.95. The molecule has 102 valence electrons. The van der Waals surface area contributed by atoms with Crippen molar-refractivity contribution in [2.75, 3.05) is 7.11 Å². The maximum atomic E-state index is 11.5. The highest BCUT2D eigenvalue weighted by Crippen LogP contribution is 2.37. The van der Waals surface area contributed by atoms with Crippen LogP contribution >= 0.6 is 11.6 Å². The van der Waals surface area contributed by atoms with Gasteiger partial charge in [0.25, 0.3) is 0 Å². The number of aromatic carboxylic acids is 1. The second-order valence-corrected chi connectivity index (χ2v) is 5.19. The minimum Gasteiger partial charge on any atom is -0.495 e. The zero-order valence-electron chi connectivity index (χ0n) is 11.3. The zero-order valence-corrected chi connectivity index (χ0v) is 12.1. The lowest BCUT2D eigenvalue weighted by atomic mass is 9.99. The van der Waals surface area contributed by atoms with Gasteiger partial charge in [0.1, 0.15) is 11.4 Å². The number of methoxy groups -OCH3 is 1. The maximum absolute atomic E-state index is 11.5. The Balaban J connectivity index is 2.93. The number of carbonyl (C=O) groups is 1. The SMILES string of the molecule is COc1cc2c(C(C)C)c(C(=O)O)n(C)c2cc1Cl. The van der Waals surface area contributed by atoms with Gasteiger partial charge in [-0.05, 0) is 23.6 Å². The molecule has 0 atom stereocenters. The van der Waals surface area contributed by atoms with Crippen LogP contribution in [-0.4, -0.2) is 22.8 Å². The van der Waals surface area contributed by atoms with Gasteiger partial charge in [-0.2, -0.15) is 0 Å². The second-order valence-electron chi connectivity index (χ2n) is 4.79. The third-order valence-corrected chi connectivity index (χ3v) is 3.59. The van der Waals surface area contributed by atoms with Crippen LogP contribution in [0, 0.1) is 0 Å². The van der Waals surface area contributed by atoms with E-state index in [0.29, 0.717) is 16.5 Å². The summed E-state index contributed by atoms with van der Waals surface area (Å²) >= 11 is 6.11. The summed E-state index contributed by atoms with van der Waals surface area (Å²) in [6, 6.07) is 3.55. The Morgan fingerprint density at radius 2 is 2.05 bits per heavy atom. The fourth-order valence-corrected chi connectivity index (χ4v) is 2.70. The molecular weight excluding hydrogens is 266 g/mol. The lowest BCUT2D eigenvalue weighted by molar-refractivity contribution is 0.0685. The second kappa shape index (κ2) is 4.78. The van der Waals surface area contributed by atoms with Crippen LogP contribution in [0.3, 0.4) is 0 Å². The van der Waals surface area contributed by atoms with Crippen LogP contribution in [-0.2, 0) is 7.05 Å². The molecule has 1 aromatic carbocycles. The molecule has 2 aromatic rings. The van der Waals surface area contributed by atoms with E-state index in [4.69, 9.17) is 16.3 Å². The Labute approximate surface area is 116 Å². The van der Waals surface area contributed by atoms with Crippen LogP contribution in [0.2, 0.25) is 5.02 Å². The van der Waals surface area contributed by atoms with Gasteiger partial charge < -0.3 is 14.4 Å². The first kappa shape index (κ1) is 13.7. The normalized spacial score (nSPS) is 11.3. The highest BCUT2D eigenvalue weighted by Gasteiger charge is 2.23. The molecule has 1 heterocycles. The number of hydrogen-bond acceptors (Lipinski definition) is 2. The number of rotatable bonds is 3. The number of benzene rings is 1. The molecule has 0 radical (unpaired) electrons. The molecule has 0 saturated carbocycles. The zero-order chi connectivity index (χ0) is 14.3. The van der Waals surface area contributed by atoms with Gasteiger partial charge in [-0.3, -0.25) is 0 Å². The van der Waals surface area contributed by atoms with E-state index in [-0.39, 0.29) is 5.92 Å². The fraction of sp³-hybridized carbons (Fsp3) is 0.357. The third-order valence-electron chi connectivity index (χ3n) is 3.29. The molecule has 4 nitrogen and oxygen atoms in total. The molecule has 19 heavy (non-hydrogen) atoms. The molecule has 0 unspecified atom stereocenters. The van der Waals surface area contributed by atoms with Gasteiger partial charge in [-0.1, -0.05) is 25.4 Å². The van der Waals surface area contributed by atoms with Gasteiger partial charge in [0.05, 0.1) is 17.6 Å². The van der Waals surface area contributed by atoms with E-state index >= 15 is 0 Å². The average Bonchev–Trinajstić information content (AvgIpc) is 2.61. The number of fused-ring (bicyclic) bond motifs is 1. The summed E-state index contributed by atoms with van der Waals surface area (Å²) in [5, 5.41) is 10.8. The van der Waals surface area contributed by atoms with Gasteiger partial charge in [0.15, 0.2) is 0 Å². The van der Waals surface area contributed by atoms with E-state index in [2.05, 4.69) is 0 Å². The van der Waals surface area contributed by atoms with Crippen molar-refractivity contribution in [2.24, 2.45) is 7.05 Å². The summed E-state index contributed by atoms with van der Waals surface area (Å²) in [6.07, 6.45) is 0. The Hall–Kier alpha value is -1.68. The van der Waals surface area contributed by atoms with Crippen molar-refractivity contribution in [3.63, 3.8) is 0 Å². The van der Waals surface area contributed by atoms with Crippen LogP contribution in [0.1, 0.15) is 35.8 Å². The number of aromatic nitrogens is 1. The lowest BCUT2D eigenvalue weighted by Gasteiger charge is -2.07. The van der Waals surface area contributed by atoms with E-state index < -0.39 is 5.97 Å². The average molecular weight is 282 g/mol. The van der Waals surface area contributed by atoms with Crippen LogP contribution in [0.4, 0.5) is 0 Å². The van der Waals surface area contributed by atoms with Crippen LogP contribution in [0.25, 0.3) is 10.9 Å². The van der Waals surface area contributed by atoms with Gasteiger partial charge in [0, 0.05) is 12.4 Å². The first-order valence-electron chi connectivity index (χ1n) is 5.97. The molecule has 5 heteroatoms. The molecule has 0 aliphatic carbocycles. The monoisotopic (exact) mass is 281 g/mol. The van der Waals surface area contributed by atoms with E-state index in [1.807, 2.05) is 13.8 Å². The predicted molar refractivity (Wildman–Crippen MR) is 75.5 cm³/mol. The van der Waals surface area contributed by atoms with Crippen molar-refractivity contribution in [1.29, 1.82) is 0 Å². The number of ether oxygens (including phenoxy) is 1. The highest BCUT2D eigenvalue weighted by atomic mass is 35.5. The molecule has 1 N–H and O–H groups in total. The fourth-order valence-electron chi connectivity index (χ4n) is 2.46. The smallest absolute Gasteiger partial charge is 0.352 e. The quantitative estimate of drug-likeness (QED) is 0.934. The Kier molecular flexibility index (Phi) is 3.45. The van der Waals surface area contributed by atoms with E-state index in [1.54, 1.807) is 30.9 Å². The summed E-state index contributed by atoms with van der Waals surface area (Å²) in [4.78, 5) is 11.5. The standard InChI is InChI=1S/C14H16ClNO3/c1-7(2)12-8-5-11(19-4)9(15)6-10(8)16(3)13(12)14(17)18/h5-7H,1-4H3,(H,17,18). The molecule has 0 aliphatic heterocycles. The number of nitrogens with zero attached hydrogens (tertiary/aromatic N) is 1. The van der Waals surface area contributed by atoms with E-state index in [0.717, 1.165) is 16.5 Å². The van der Waals surface area contributed by atoms with Gasteiger partial charge in [0.2, 0.25) is 0 Å². The van der Waals surface area contributed by atoms with Gasteiger partial charge in [-0.15, -0.1) is 0 Å². The minimum absolute atomic E-state index is 0.0979. The maximum Gasteiger partial charge on any atom is 0.352 e. The summed E-state index contributed by atoms with van der Waals surface area (Å²) in [7, 11) is 3.28. The van der Waals surface area contributed by atoms with Gasteiger partial charge in [-0.25, -0.2) is 4.79 Å². The number of carboxylic acids is 1. The van der Waals surface area contributed by atoms with E-state index in [1.165, 1.54) is 0 Å². The predicted octanol–water partition coefficient (Wildman–Crippen LogP) is 3.66. The summed E-state index contributed by atoms with van der Waals surface area (Å²) in [5.74, 6) is -0.281.